The van der Waals surface area contributed by atoms with Crippen LogP contribution in [0.1, 0.15) is 13.3 Å². The summed E-state index contributed by atoms with van der Waals surface area (Å²) in [6.07, 6.45) is -0.868. The Morgan fingerprint density at radius 1 is 1.09 bits per heavy atom. The minimum atomic E-state index is -0.963. The van der Waals surface area contributed by atoms with E-state index in [4.69, 9.17) is 18.9 Å². The third-order valence-electron chi connectivity index (χ3n) is 5.27. The predicted molar refractivity (Wildman–Crippen MR) is 122 cm³/mol. The van der Waals surface area contributed by atoms with E-state index < -0.39 is 12.0 Å². The highest BCUT2D eigenvalue weighted by Crippen LogP contribution is 2.37. The zero-order chi connectivity index (χ0) is 23.8. The number of aliphatic hydroxyl groups excluding tert-OH is 1. The van der Waals surface area contributed by atoms with Gasteiger partial charge in [0, 0.05) is 19.5 Å². The number of benzene rings is 2. The highest BCUT2D eigenvalue weighted by molar-refractivity contribution is 6.01. The summed E-state index contributed by atoms with van der Waals surface area (Å²) < 4.78 is 21.8. The lowest BCUT2D eigenvalue weighted by atomic mass is 10.1. The molecule has 0 saturated carbocycles. The Balaban J connectivity index is 1.53. The van der Waals surface area contributed by atoms with Crippen molar-refractivity contribution in [3.05, 3.63) is 42.5 Å². The van der Waals surface area contributed by atoms with Crippen molar-refractivity contribution in [1.82, 2.24) is 5.32 Å². The number of carbonyl (C=O) groups is 2. The first-order valence-corrected chi connectivity index (χ1v) is 10.8. The monoisotopic (exact) mass is 458 g/mol. The second-order valence-corrected chi connectivity index (χ2v) is 7.51. The fourth-order valence-corrected chi connectivity index (χ4v) is 3.63. The number of para-hydroxylation sites is 3. The molecule has 0 spiro atoms. The molecule has 2 amide bonds. The van der Waals surface area contributed by atoms with E-state index in [-0.39, 0.29) is 37.9 Å². The number of amides is 2. The number of aliphatic hydroxyl groups is 1. The minimum absolute atomic E-state index is 0.0173. The molecule has 2 aromatic rings. The summed E-state index contributed by atoms with van der Waals surface area (Å²) in [6, 6.07) is 12.5. The van der Waals surface area contributed by atoms with E-state index in [2.05, 4.69) is 5.32 Å². The van der Waals surface area contributed by atoms with Crippen LogP contribution in [0.25, 0.3) is 0 Å². The molecule has 0 aliphatic carbocycles. The van der Waals surface area contributed by atoms with Gasteiger partial charge in [-0.3, -0.25) is 9.59 Å². The molecular weight excluding hydrogens is 428 g/mol. The second kappa shape index (κ2) is 11.4. The topological polar surface area (TPSA) is 107 Å². The van der Waals surface area contributed by atoms with Crippen LogP contribution in [0, 0.1) is 5.92 Å². The van der Waals surface area contributed by atoms with Crippen LogP contribution in [-0.2, 0) is 9.59 Å². The van der Waals surface area contributed by atoms with Crippen LogP contribution < -0.4 is 29.2 Å². The van der Waals surface area contributed by atoms with Crippen molar-refractivity contribution in [3.8, 4) is 23.0 Å². The molecule has 2 unspecified atom stereocenters. The highest BCUT2D eigenvalue weighted by Gasteiger charge is 2.36. The number of ether oxygens (including phenoxy) is 4. The second-order valence-electron chi connectivity index (χ2n) is 7.51. The van der Waals surface area contributed by atoms with Gasteiger partial charge in [0.25, 0.3) is 0 Å². The van der Waals surface area contributed by atoms with Crippen molar-refractivity contribution in [2.24, 2.45) is 5.92 Å². The normalized spacial score (nSPS) is 16.3. The molecule has 2 N–H and O–H groups in total. The lowest BCUT2D eigenvalue weighted by Crippen LogP contribution is -2.39. The average Bonchev–Trinajstić information content (AvgIpc) is 3.22. The molecule has 178 valence electrons. The van der Waals surface area contributed by atoms with Gasteiger partial charge in [0.15, 0.2) is 11.5 Å². The van der Waals surface area contributed by atoms with Crippen LogP contribution in [0.5, 0.6) is 23.0 Å². The molecule has 1 fully saturated rings. The molecule has 1 aliphatic heterocycles. The number of nitrogens with one attached hydrogen (secondary N) is 1. The number of rotatable bonds is 11. The molecule has 9 nitrogen and oxygen atoms in total. The van der Waals surface area contributed by atoms with Gasteiger partial charge in [-0.15, -0.1) is 0 Å². The molecule has 1 saturated heterocycles. The van der Waals surface area contributed by atoms with Gasteiger partial charge >= 0.3 is 0 Å². The predicted octanol–water partition coefficient (Wildman–Crippen LogP) is 2.01. The third-order valence-corrected chi connectivity index (χ3v) is 5.27. The molecule has 0 radical (unpaired) electrons. The van der Waals surface area contributed by atoms with E-state index in [1.165, 1.54) is 14.2 Å². The van der Waals surface area contributed by atoms with Gasteiger partial charge in [-0.2, -0.15) is 0 Å². The first-order valence-electron chi connectivity index (χ1n) is 10.8. The molecule has 1 heterocycles. The Morgan fingerprint density at radius 2 is 1.76 bits per heavy atom. The Kier molecular flexibility index (Phi) is 8.37. The van der Waals surface area contributed by atoms with Gasteiger partial charge < -0.3 is 34.3 Å². The SMILES string of the molecule is CCOc1ccccc1N1CC(C(=O)NCC(O)COc2c(OC)cccc2OC)CC1=O. The van der Waals surface area contributed by atoms with Crippen LogP contribution in [0.2, 0.25) is 0 Å². The summed E-state index contributed by atoms with van der Waals surface area (Å²) in [5.74, 6) is 0.967. The highest BCUT2D eigenvalue weighted by atomic mass is 16.5. The van der Waals surface area contributed by atoms with Gasteiger partial charge in [0.2, 0.25) is 17.6 Å². The third kappa shape index (κ3) is 5.87. The maximum atomic E-state index is 12.6. The first kappa shape index (κ1) is 24.2. The van der Waals surface area contributed by atoms with E-state index in [1.807, 2.05) is 19.1 Å². The van der Waals surface area contributed by atoms with Crippen LogP contribution in [-0.4, -0.2) is 63.5 Å². The van der Waals surface area contributed by atoms with Gasteiger partial charge in [-0.05, 0) is 31.2 Å². The summed E-state index contributed by atoms with van der Waals surface area (Å²) >= 11 is 0. The van der Waals surface area contributed by atoms with Crippen LogP contribution in [0.4, 0.5) is 5.69 Å². The smallest absolute Gasteiger partial charge is 0.227 e. The van der Waals surface area contributed by atoms with Crippen molar-refractivity contribution in [2.75, 3.05) is 45.4 Å². The zero-order valence-corrected chi connectivity index (χ0v) is 19.1. The van der Waals surface area contributed by atoms with E-state index in [1.54, 1.807) is 35.2 Å². The van der Waals surface area contributed by atoms with Crippen molar-refractivity contribution in [2.45, 2.75) is 19.4 Å². The van der Waals surface area contributed by atoms with Gasteiger partial charge in [-0.25, -0.2) is 0 Å². The Labute approximate surface area is 193 Å². The quantitative estimate of drug-likeness (QED) is 0.531. The van der Waals surface area contributed by atoms with Crippen LogP contribution in [0.15, 0.2) is 42.5 Å². The van der Waals surface area contributed by atoms with Crippen LogP contribution in [0.3, 0.4) is 0 Å². The van der Waals surface area contributed by atoms with Gasteiger partial charge in [-0.1, -0.05) is 18.2 Å². The summed E-state index contributed by atoms with van der Waals surface area (Å²) in [5.41, 5.74) is 0.652. The molecule has 2 atom stereocenters. The van der Waals surface area contributed by atoms with Crippen molar-refractivity contribution < 1.29 is 33.6 Å². The Morgan fingerprint density at radius 3 is 2.42 bits per heavy atom. The maximum Gasteiger partial charge on any atom is 0.227 e. The minimum Gasteiger partial charge on any atom is -0.493 e. The number of anilines is 1. The van der Waals surface area contributed by atoms with Crippen molar-refractivity contribution in [3.63, 3.8) is 0 Å². The van der Waals surface area contributed by atoms with Gasteiger partial charge in [0.05, 0.1) is 32.4 Å². The van der Waals surface area contributed by atoms with E-state index in [9.17, 15) is 14.7 Å². The zero-order valence-electron chi connectivity index (χ0n) is 19.1. The number of hydrogen-bond donors (Lipinski definition) is 2. The Bertz CT molecular complexity index is 943. The largest absolute Gasteiger partial charge is 0.493 e. The molecule has 9 heteroatoms. The molecule has 0 aromatic heterocycles. The standard InChI is InChI=1S/C24H30N2O7/c1-4-32-19-9-6-5-8-18(19)26-14-16(12-22(26)28)24(29)25-13-17(27)15-33-23-20(30-2)10-7-11-21(23)31-3/h5-11,16-17,27H,4,12-15H2,1-3H3,(H,25,29). The average molecular weight is 459 g/mol. The van der Waals surface area contributed by atoms with E-state index in [0.29, 0.717) is 35.3 Å². The van der Waals surface area contributed by atoms with Crippen LogP contribution >= 0.6 is 0 Å². The van der Waals surface area contributed by atoms with Gasteiger partial charge in [0.1, 0.15) is 18.5 Å². The summed E-state index contributed by atoms with van der Waals surface area (Å²) in [4.78, 5) is 26.8. The lowest BCUT2D eigenvalue weighted by molar-refractivity contribution is -0.126. The molecule has 33 heavy (non-hydrogen) atoms. The fraction of sp³-hybridized carbons (Fsp3) is 0.417. The number of hydrogen-bond acceptors (Lipinski definition) is 7. The summed E-state index contributed by atoms with van der Waals surface area (Å²) in [7, 11) is 3.02. The molecule has 1 aliphatic rings. The Hall–Kier alpha value is -3.46. The lowest BCUT2D eigenvalue weighted by Gasteiger charge is -2.20. The van der Waals surface area contributed by atoms with Crippen molar-refractivity contribution in [1.29, 1.82) is 0 Å². The first-order chi connectivity index (χ1) is 16.0. The number of methoxy groups -OCH3 is 2. The van der Waals surface area contributed by atoms with E-state index in [0.717, 1.165) is 0 Å². The molecule has 3 rings (SSSR count). The van der Waals surface area contributed by atoms with Crippen molar-refractivity contribution >= 4 is 17.5 Å². The molecule has 2 aromatic carbocycles. The molecule has 0 bridgehead atoms. The fourth-order valence-electron chi connectivity index (χ4n) is 3.63. The maximum absolute atomic E-state index is 12.6. The van der Waals surface area contributed by atoms with E-state index >= 15 is 0 Å². The summed E-state index contributed by atoms with van der Waals surface area (Å²) in [6.45, 7) is 2.51. The summed E-state index contributed by atoms with van der Waals surface area (Å²) in [5, 5.41) is 13.0. The number of nitrogens with zero attached hydrogens (tertiary/aromatic N) is 1. The molecular formula is C24H30N2O7. The number of carbonyl (C=O) groups excluding carboxylic acids is 2.